The van der Waals surface area contributed by atoms with Gasteiger partial charge in [0.25, 0.3) is 0 Å². The van der Waals surface area contributed by atoms with Crippen LogP contribution in [0.5, 0.6) is 0 Å². The van der Waals surface area contributed by atoms with E-state index in [0.717, 1.165) is 60.4 Å². The predicted octanol–water partition coefficient (Wildman–Crippen LogP) is 11.9. The molecule has 10 aromatic rings. The number of rotatable bonds is 4. The molecule has 0 radical (unpaired) electrons. The molecule has 0 aliphatic carbocycles. The molecule has 4 nitrogen and oxygen atoms in total. The van der Waals surface area contributed by atoms with Gasteiger partial charge >= 0.3 is 0 Å². The minimum atomic E-state index is 0.615. The SMILES string of the molecule is c1ccc(-c2nc(-c3ccc4oc5cc(-c6cccc7ccccc67)c6ccccc6c5c4c3)nc(-c3cccc4ccccc34)n2)cc1. The van der Waals surface area contributed by atoms with Gasteiger partial charge in [-0.25, -0.2) is 15.0 Å². The van der Waals surface area contributed by atoms with E-state index in [1.807, 2.05) is 36.4 Å². The molecule has 0 saturated carbocycles. The zero-order valence-electron chi connectivity index (χ0n) is 26.3. The van der Waals surface area contributed by atoms with Crippen molar-refractivity contribution in [3.05, 3.63) is 164 Å². The molecule has 0 unspecified atom stereocenters. The van der Waals surface area contributed by atoms with Gasteiger partial charge in [0.2, 0.25) is 0 Å². The number of benzene rings is 8. The number of fused-ring (bicyclic) bond motifs is 7. The Balaban J connectivity index is 1.21. The van der Waals surface area contributed by atoms with E-state index in [1.165, 1.54) is 21.7 Å². The average molecular weight is 626 g/mol. The van der Waals surface area contributed by atoms with Crippen molar-refractivity contribution in [1.82, 2.24) is 15.0 Å². The van der Waals surface area contributed by atoms with Crippen molar-refractivity contribution in [1.29, 1.82) is 0 Å². The predicted molar refractivity (Wildman–Crippen MR) is 201 cm³/mol. The largest absolute Gasteiger partial charge is 0.456 e. The van der Waals surface area contributed by atoms with Crippen LogP contribution in [0.3, 0.4) is 0 Å². The summed E-state index contributed by atoms with van der Waals surface area (Å²) in [5.41, 5.74) is 6.84. The Morgan fingerprint density at radius 3 is 1.65 bits per heavy atom. The Kier molecular flexibility index (Phi) is 6.15. The van der Waals surface area contributed by atoms with E-state index in [2.05, 4.69) is 127 Å². The molecule has 8 aromatic carbocycles. The molecule has 0 saturated heterocycles. The van der Waals surface area contributed by atoms with Gasteiger partial charge in [0, 0.05) is 27.5 Å². The molecule has 10 rings (SSSR count). The first-order chi connectivity index (χ1) is 24.3. The first-order valence-corrected chi connectivity index (χ1v) is 16.4. The van der Waals surface area contributed by atoms with Crippen molar-refractivity contribution in [3.8, 4) is 45.3 Å². The molecule has 0 bridgehead atoms. The van der Waals surface area contributed by atoms with E-state index >= 15 is 0 Å². The molecule has 0 fully saturated rings. The summed E-state index contributed by atoms with van der Waals surface area (Å²) < 4.78 is 6.61. The summed E-state index contributed by atoms with van der Waals surface area (Å²) in [6, 6.07) is 56.9. The normalized spacial score (nSPS) is 11.7. The molecule has 0 spiro atoms. The van der Waals surface area contributed by atoms with E-state index in [9.17, 15) is 0 Å². The monoisotopic (exact) mass is 625 g/mol. The molecule has 0 amide bonds. The second-order valence-corrected chi connectivity index (χ2v) is 12.4. The Hall–Kier alpha value is -6.65. The van der Waals surface area contributed by atoms with E-state index in [4.69, 9.17) is 19.4 Å². The highest BCUT2D eigenvalue weighted by Gasteiger charge is 2.19. The van der Waals surface area contributed by atoms with Crippen LogP contribution in [0.2, 0.25) is 0 Å². The average Bonchev–Trinajstić information content (AvgIpc) is 3.55. The topological polar surface area (TPSA) is 51.8 Å². The third-order valence-corrected chi connectivity index (χ3v) is 9.51. The summed E-state index contributed by atoms with van der Waals surface area (Å²) in [6.07, 6.45) is 0. The van der Waals surface area contributed by atoms with Crippen molar-refractivity contribution < 1.29 is 4.42 Å². The quantitative estimate of drug-likeness (QED) is 0.195. The fourth-order valence-corrected chi connectivity index (χ4v) is 7.23. The van der Waals surface area contributed by atoms with Crippen LogP contribution in [0.4, 0.5) is 0 Å². The third kappa shape index (κ3) is 4.49. The van der Waals surface area contributed by atoms with Gasteiger partial charge in [-0.15, -0.1) is 0 Å². The molecule has 2 heterocycles. The maximum atomic E-state index is 6.61. The van der Waals surface area contributed by atoms with Gasteiger partial charge in [-0.3, -0.25) is 0 Å². The highest BCUT2D eigenvalue weighted by Crippen LogP contribution is 2.42. The minimum Gasteiger partial charge on any atom is -0.456 e. The Bertz CT molecular complexity index is 2880. The third-order valence-electron chi connectivity index (χ3n) is 9.51. The van der Waals surface area contributed by atoms with Crippen LogP contribution >= 0.6 is 0 Å². The first kappa shape index (κ1) is 27.5. The summed E-state index contributed by atoms with van der Waals surface area (Å²) >= 11 is 0. The lowest BCUT2D eigenvalue weighted by Crippen LogP contribution is -2.00. The molecule has 0 aliphatic rings. The summed E-state index contributed by atoms with van der Waals surface area (Å²) in [7, 11) is 0. The number of nitrogens with zero attached hydrogens (tertiary/aromatic N) is 3. The van der Waals surface area contributed by atoms with Crippen molar-refractivity contribution in [3.63, 3.8) is 0 Å². The van der Waals surface area contributed by atoms with Crippen molar-refractivity contribution >= 4 is 54.3 Å². The van der Waals surface area contributed by atoms with Crippen LogP contribution in [-0.4, -0.2) is 15.0 Å². The summed E-state index contributed by atoms with van der Waals surface area (Å²) in [6.45, 7) is 0. The molecule has 0 aliphatic heterocycles. The lowest BCUT2D eigenvalue weighted by atomic mass is 9.92. The van der Waals surface area contributed by atoms with Crippen LogP contribution in [0, 0.1) is 0 Å². The Morgan fingerprint density at radius 1 is 0.327 bits per heavy atom. The van der Waals surface area contributed by atoms with Crippen molar-refractivity contribution in [2.24, 2.45) is 0 Å². The standard InChI is InChI=1S/C45H27N3O/c1-2-14-30(15-3-1)43-46-44(48-45(47-43)37-23-11-17-29-13-5-7-19-33(29)37)31-24-25-40-39(26-31)42-36-21-9-8-20-35(36)38(27-41(42)49-40)34-22-10-16-28-12-4-6-18-32(28)34/h1-27H. The van der Waals surface area contributed by atoms with E-state index < -0.39 is 0 Å². The highest BCUT2D eigenvalue weighted by atomic mass is 16.3. The fraction of sp³-hybridized carbons (Fsp3) is 0. The molecule has 49 heavy (non-hydrogen) atoms. The van der Waals surface area contributed by atoms with Crippen LogP contribution in [0.25, 0.3) is 99.5 Å². The molecule has 4 heteroatoms. The van der Waals surface area contributed by atoms with Gasteiger partial charge in [0.1, 0.15) is 11.2 Å². The van der Waals surface area contributed by atoms with Gasteiger partial charge < -0.3 is 4.42 Å². The van der Waals surface area contributed by atoms with Gasteiger partial charge in [0.15, 0.2) is 17.5 Å². The van der Waals surface area contributed by atoms with Crippen molar-refractivity contribution in [2.75, 3.05) is 0 Å². The summed E-state index contributed by atoms with van der Waals surface area (Å²) in [5.74, 6) is 1.89. The fourth-order valence-electron chi connectivity index (χ4n) is 7.23. The van der Waals surface area contributed by atoms with Gasteiger partial charge in [0.05, 0.1) is 0 Å². The minimum absolute atomic E-state index is 0.615. The lowest BCUT2D eigenvalue weighted by Gasteiger charge is -2.11. The van der Waals surface area contributed by atoms with Crippen molar-refractivity contribution in [2.45, 2.75) is 0 Å². The number of hydrogen-bond donors (Lipinski definition) is 0. The zero-order valence-corrected chi connectivity index (χ0v) is 26.3. The molecular weight excluding hydrogens is 599 g/mol. The summed E-state index contributed by atoms with van der Waals surface area (Å²) in [4.78, 5) is 15.2. The van der Waals surface area contributed by atoms with E-state index in [0.29, 0.717) is 17.5 Å². The maximum Gasteiger partial charge on any atom is 0.164 e. The van der Waals surface area contributed by atoms with Crippen LogP contribution < -0.4 is 0 Å². The molecule has 0 N–H and O–H groups in total. The molecule has 2 aromatic heterocycles. The lowest BCUT2D eigenvalue weighted by molar-refractivity contribution is 0.669. The van der Waals surface area contributed by atoms with Gasteiger partial charge in [-0.05, 0) is 67.7 Å². The molecule has 228 valence electrons. The Labute approximate surface area is 282 Å². The number of aromatic nitrogens is 3. The maximum absolute atomic E-state index is 6.61. The van der Waals surface area contributed by atoms with E-state index in [1.54, 1.807) is 0 Å². The smallest absolute Gasteiger partial charge is 0.164 e. The van der Waals surface area contributed by atoms with Crippen LogP contribution in [0.15, 0.2) is 168 Å². The number of furan rings is 1. The highest BCUT2D eigenvalue weighted by molar-refractivity contribution is 6.23. The Morgan fingerprint density at radius 2 is 0.898 bits per heavy atom. The van der Waals surface area contributed by atoms with Crippen LogP contribution in [0.1, 0.15) is 0 Å². The molecular formula is C45H27N3O. The molecule has 0 atom stereocenters. The summed E-state index contributed by atoms with van der Waals surface area (Å²) in [5, 5.41) is 9.13. The van der Waals surface area contributed by atoms with Gasteiger partial charge in [-0.1, -0.05) is 140 Å². The van der Waals surface area contributed by atoms with Crippen LogP contribution in [-0.2, 0) is 0 Å². The zero-order chi connectivity index (χ0) is 32.3. The van der Waals surface area contributed by atoms with Gasteiger partial charge in [-0.2, -0.15) is 0 Å². The second-order valence-electron chi connectivity index (χ2n) is 12.4. The van der Waals surface area contributed by atoms with E-state index in [-0.39, 0.29) is 0 Å². The first-order valence-electron chi connectivity index (χ1n) is 16.4. The number of hydrogen-bond acceptors (Lipinski definition) is 4. The second kappa shape index (κ2) is 11.0.